The molecular formula is C25H30Cl3N3O4. The molecule has 1 saturated carbocycles. The highest BCUT2D eigenvalue weighted by Gasteiger charge is 2.39. The van der Waals surface area contributed by atoms with E-state index in [1.165, 1.54) is 11.1 Å². The van der Waals surface area contributed by atoms with Crippen molar-refractivity contribution in [2.75, 3.05) is 13.1 Å². The molecule has 0 aliphatic heterocycles. The van der Waals surface area contributed by atoms with Crippen molar-refractivity contribution in [3.05, 3.63) is 50.7 Å². The zero-order valence-electron chi connectivity index (χ0n) is 20.3. The lowest BCUT2D eigenvalue weighted by Crippen LogP contribution is -2.41. The Balaban J connectivity index is 1.84. The van der Waals surface area contributed by atoms with Gasteiger partial charge in [-0.05, 0) is 50.2 Å². The molecule has 0 atom stereocenters. The van der Waals surface area contributed by atoms with Crippen LogP contribution in [0.4, 0.5) is 0 Å². The molecule has 1 fully saturated rings. The number of aliphatic carboxylic acids is 1. The highest BCUT2D eigenvalue weighted by molar-refractivity contribution is 6.40. The van der Waals surface area contributed by atoms with Crippen molar-refractivity contribution in [2.24, 2.45) is 10.8 Å². The van der Waals surface area contributed by atoms with Crippen LogP contribution in [-0.4, -0.2) is 50.5 Å². The van der Waals surface area contributed by atoms with Gasteiger partial charge in [0.1, 0.15) is 5.15 Å². The summed E-state index contributed by atoms with van der Waals surface area (Å²) in [5.74, 6) is -1.60. The summed E-state index contributed by atoms with van der Waals surface area (Å²) in [7, 11) is 0. The number of carboxylic acid groups (broad SMARTS) is 1. The van der Waals surface area contributed by atoms with Crippen LogP contribution in [0.2, 0.25) is 15.2 Å². The number of aromatic nitrogens is 2. The SMILES string of the molecule is CC(C)(C)CN(CC(=O)c1c(Cl)cccc1Cl)C(=O)c1cnn(C2CCC(C)(C(=O)O)CC2)c1Cl. The molecule has 1 amide bonds. The van der Waals surface area contributed by atoms with E-state index in [4.69, 9.17) is 34.8 Å². The first-order chi connectivity index (χ1) is 16.2. The summed E-state index contributed by atoms with van der Waals surface area (Å²) in [5, 5.41) is 14.5. The molecule has 1 heterocycles. The van der Waals surface area contributed by atoms with E-state index in [0.717, 1.165) is 0 Å². The van der Waals surface area contributed by atoms with E-state index < -0.39 is 17.3 Å². The Labute approximate surface area is 220 Å². The monoisotopic (exact) mass is 541 g/mol. The van der Waals surface area contributed by atoms with Crippen LogP contribution in [0.15, 0.2) is 24.4 Å². The number of carbonyl (C=O) groups excluding carboxylic acids is 2. The highest BCUT2D eigenvalue weighted by atomic mass is 35.5. The molecule has 2 aromatic rings. The zero-order chi connectivity index (χ0) is 26.1. The summed E-state index contributed by atoms with van der Waals surface area (Å²) in [5.41, 5.74) is -0.694. The van der Waals surface area contributed by atoms with Gasteiger partial charge in [-0.1, -0.05) is 61.6 Å². The number of nitrogens with zero attached hydrogens (tertiary/aromatic N) is 3. The molecule has 0 bridgehead atoms. The Morgan fingerprint density at radius 1 is 1.14 bits per heavy atom. The van der Waals surface area contributed by atoms with Gasteiger partial charge in [0.05, 0.1) is 45.4 Å². The standard InChI is InChI=1S/C25H30Cl3N3O4/c1-24(2,3)14-30(13-19(32)20-17(26)6-5-7-18(20)27)22(33)16-12-29-31(21(16)28)15-8-10-25(4,11-9-15)23(34)35/h5-7,12,15H,8-11,13-14H2,1-4H3,(H,34,35). The summed E-state index contributed by atoms with van der Waals surface area (Å²) in [4.78, 5) is 39.7. The van der Waals surface area contributed by atoms with Crippen molar-refractivity contribution in [3.63, 3.8) is 0 Å². The third kappa shape index (κ3) is 6.19. The minimum absolute atomic E-state index is 0.101. The third-order valence-electron chi connectivity index (χ3n) is 6.41. The number of halogens is 3. The van der Waals surface area contributed by atoms with Gasteiger partial charge < -0.3 is 10.0 Å². The van der Waals surface area contributed by atoms with Crippen LogP contribution in [0.5, 0.6) is 0 Å². The van der Waals surface area contributed by atoms with Crippen molar-refractivity contribution in [1.82, 2.24) is 14.7 Å². The summed E-state index contributed by atoms with van der Waals surface area (Å²) in [6.45, 7) is 7.72. The number of rotatable bonds is 7. The predicted octanol–water partition coefficient (Wildman–Crippen LogP) is 6.42. The molecule has 7 nitrogen and oxygen atoms in total. The van der Waals surface area contributed by atoms with Gasteiger partial charge in [-0.2, -0.15) is 5.10 Å². The Morgan fingerprint density at radius 2 is 1.71 bits per heavy atom. The van der Waals surface area contributed by atoms with Crippen LogP contribution in [0, 0.1) is 10.8 Å². The van der Waals surface area contributed by atoms with Crippen molar-refractivity contribution in [3.8, 4) is 0 Å². The average Bonchev–Trinajstić information content (AvgIpc) is 3.13. The van der Waals surface area contributed by atoms with Crippen LogP contribution < -0.4 is 0 Å². The topological polar surface area (TPSA) is 92.5 Å². The lowest BCUT2D eigenvalue weighted by atomic mass is 9.74. The number of hydrogen-bond acceptors (Lipinski definition) is 4. The maximum absolute atomic E-state index is 13.6. The Bertz CT molecular complexity index is 1110. The quantitative estimate of drug-likeness (QED) is 0.408. The first-order valence-electron chi connectivity index (χ1n) is 11.5. The largest absolute Gasteiger partial charge is 0.481 e. The number of carbonyl (C=O) groups is 3. The van der Waals surface area contributed by atoms with Crippen molar-refractivity contribution in [2.45, 2.75) is 59.4 Å². The molecule has 35 heavy (non-hydrogen) atoms. The fourth-order valence-electron chi connectivity index (χ4n) is 4.40. The molecular weight excluding hydrogens is 513 g/mol. The van der Waals surface area contributed by atoms with Crippen molar-refractivity contribution < 1.29 is 19.5 Å². The second-order valence-corrected chi connectivity index (χ2v) is 11.8. The normalized spacial score (nSPS) is 20.5. The van der Waals surface area contributed by atoms with Crippen LogP contribution in [0.1, 0.15) is 80.1 Å². The number of benzene rings is 1. The third-order valence-corrected chi connectivity index (χ3v) is 7.42. The Hall–Kier alpha value is -2.09. The van der Waals surface area contributed by atoms with E-state index in [0.29, 0.717) is 32.2 Å². The van der Waals surface area contributed by atoms with E-state index in [-0.39, 0.29) is 50.1 Å². The van der Waals surface area contributed by atoms with Gasteiger partial charge in [0.15, 0.2) is 5.78 Å². The molecule has 190 valence electrons. The van der Waals surface area contributed by atoms with E-state index in [9.17, 15) is 19.5 Å². The summed E-state index contributed by atoms with van der Waals surface area (Å²) in [6.07, 6.45) is 3.59. The van der Waals surface area contributed by atoms with Crippen LogP contribution in [0.3, 0.4) is 0 Å². The van der Waals surface area contributed by atoms with E-state index >= 15 is 0 Å². The Kier molecular flexibility index (Phi) is 8.24. The molecule has 0 spiro atoms. The van der Waals surface area contributed by atoms with Crippen LogP contribution in [-0.2, 0) is 4.79 Å². The number of ketones is 1. The zero-order valence-corrected chi connectivity index (χ0v) is 22.5. The van der Waals surface area contributed by atoms with Crippen LogP contribution >= 0.6 is 34.8 Å². The second-order valence-electron chi connectivity index (χ2n) is 10.6. The first-order valence-corrected chi connectivity index (χ1v) is 12.6. The maximum Gasteiger partial charge on any atom is 0.309 e. The number of carboxylic acids is 1. The molecule has 0 saturated heterocycles. The van der Waals surface area contributed by atoms with Gasteiger partial charge >= 0.3 is 5.97 Å². The molecule has 10 heteroatoms. The molecule has 0 unspecified atom stereocenters. The van der Waals surface area contributed by atoms with Gasteiger partial charge in [-0.15, -0.1) is 0 Å². The van der Waals surface area contributed by atoms with E-state index in [2.05, 4.69) is 5.10 Å². The minimum atomic E-state index is -0.806. The highest BCUT2D eigenvalue weighted by Crippen LogP contribution is 2.42. The minimum Gasteiger partial charge on any atom is -0.481 e. The van der Waals surface area contributed by atoms with Gasteiger partial charge in [-0.3, -0.25) is 19.1 Å². The maximum atomic E-state index is 13.6. The number of hydrogen-bond donors (Lipinski definition) is 1. The van der Waals surface area contributed by atoms with Gasteiger partial charge in [0.25, 0.3) is 5.91 Å². The lowest BCUT2D eigenvalue weighted by Gasteiger charge is -2.34. The summed E-state index contributed by atoms with van der Waals surface area (Å²) < 4.78 is 1.60. The molecule has 0 radical (unpaired) electrons. The summed E-state index contributed by atoms with van der Waals surface area (Å²) >= 11 is 19.0. The molecule has 1 aromatic heterocycles. The first kappa shape index (κ1) is 27.5. The van der Waals surface area contributed by atoms with Crippen molar-refractivity contribution in [1.29, 1.82) is 0 Å². The molecule has 1 aliphatic rings. The second kappa shape index (κ2) is 10.5. The van der Waals surface area contributed by atoms with Crippen LogP contribution in [0.25, 0.3) is 0 Å². The Morgan fingerprint density at radius 3 is 2.23 bits per heavy atom. The fourth-order valence-corrected chi connectivity index (χ4v) is 5.32. The fraction of sp³-hybridized carbons (Fsp3) is 0.520. The number of Topliss-reactive ketones (excluding diaryl/α,β-unsaturated/α-hetero) is 1. The van der Waals surface area contributed by atoms with E-state index in [1.807, 2.05) is 20.8 Å². The smallest absolute Gasteiger partial charge is 0.309 e. The molecule has 1 N–H and O–H groups in total. The summed E-state index contributed by atoms with van der Waals surface area (Å²) in [6, 6.07) is 4.71. The van der Waals surface area contributed by atoms with E-state index in [1.54, 1.807) is 29.8 Å². The van der Waals surface area contributed by atoms with Gasteiger partial charge in [-0.25, -0.2) is 0 Å². The lowest BCUT2D eigenvalue weighted by molar-refractivity contribution is -0.150. The average molecular weight is 543 g/mol. The molecule has 1 aromatic carbocycles. The molecule has 3 rings (SSSR count). The van der Waals surface area contributed by atoms with Crippen molar-refractivity contribution >= 4 is 52.5 Å². The van der Waals surface area contributed by atoms with Gasteiger partial charge in [0, 0.05) is 6.54 Å². The molecule has 1 aliphatic carbocycles. The van der Waals surface area contributed by atoms with Gasteiger partial charge in [0.2, 0.25) is 0 Å². The predicted molar refractivity (Wildman–Crippen MR) is 137 cm³/mol. The number of amides is 1.